The number of anilines is 2. The van der Waals surface area contributed by atoms with E-state index in [1.807, 2.05) is 18.2 Å². The Morgan fingerprint density at radius 1 is 1.13 bits per heavy atom. The first kappa shape index (κ1) is 20.2. The minimum Gasteiger partial charge on any atom is -0.450 e. The molecule has 0 aromatic heterocycles. The lowest BCUT2D eigenvalue weighted by Crippen LogP contribution is -2.49. The number of esters is 1. The van der Waals surface area contributed by atoms with Crippen molar-refractivity contribution in [2.45, 2.75) is 42.6 Å². The second-order valence-corrected chi connectivity index (χ2v) is 8.54. The minimum atomic E-state index is -1.19. The Balaban J connectivity index is 1.51. The molecule has 2 aliphatic heterocycles. The van der Waals surface area contributed by atoms with Crippen LogP contribution in [0, 0.1) is 0 Å². The van der Waals surface area contributed by atoms with Gasteiger partial charge in [-0.2, -0.15) is 0 Å². The van der Waals surface area contributed by atoms with E-state index in [0.29, 0.717) is 23.4 Å². The Hall–Kier alpha value is -3.13. The van der Waals surface area contributed by atoms with Gasteiger partial charge >= 0.3 is 5.97 Å². The van der Waals surface area contributed by atoms with E-state index >= 15 is 0 Å². The zero-order chi connectivity index (χ0) is 21.5. The predicted octanol–water partition coefficient (Wildman–Crippen LogP) is 3.39. The van der Waals surface area contributed by atoms with Crippen molar-refractivity contribution in [3.8, 4) is 0 Å². The van der Waals surface area contributed by atoms with E-state index < -0.39 is 22.9 Å². The molecule has 2 heterocycles. The molecule has 0 bridgehead atoms. The van der Waals surface area contributed by atoms with Gasteiger partial charge in [-0.1, -0.05) is 36.0 Å². The molecule has 1 fully saturated rings. The van der Waals surface area contributed by atoms with Gasteiger partial charge in [-0.3, -0.25) is 19.3 Å². The van der Waals surface area contributed by atoms with Gasteiger partial charge in [-0.15, -0.1) is 0 Å². The number of ketones is 1. The standard InChI is InChI=1S/C22H20N2O5S/c1-13(25)15-7-3-4-8-16(15)23-20(27)14(2)29-21(28)22-12-11-19(26)24(22)17-9-5-6-10-18(17)30-22/h3-10,14H,11-12H2,1-2H3,(H,23,27)/t14-,22-/m1/s1. The number of ether oxygens (including phenoxy) is 1. The molecule has 7 nitrogen and oxygen atoms in total. The van der Waals surface area contributed by atoms with Crippen molar-refractivity contribution in [3.05, 3.63) is 54.1 Å². The van der Waals surface area contributed by atoms with Gasteiger partial charge in [0, 0.05) is 23.3 Å². The summed E-state index contributed by atoms with van der Waals surface area (Å²) in [6, 6.07) is 14.0. The molecule has 2 aromatic rings. The number of nitrogens with one attached hydrogen (secondary N) is 1. The third kappa shape index (κ3) is 3.27. The summed E-state index contributed by atoms with van der Waals surface area (Å²) in [5, 5.41) is 2.65. The summed E-state index contributed by atoms with van der Waals surface area (Å²) in [5.41, 5.74) is 1.42. The van der Waals surface area contributed by atoms with Crippen LogP contribution in [0.1, 0.15) is 37.0 Å². The maximum Gasteiger partial charge on any atom is 0.344 e. The van der Waals surface area contributed by atoms with Gasteiger partial charge in [-0.05, 0) is 38.1 Å². The third-order valence-electron chi connectivity index (χ3n) is 5.21. The fourth-order valence-electron chi connectivity index (χ4n) is 3.71. The Labute approximate surface area is 177 Å². The smallest absolute Gasteiger partial charge is 0.344 e. The molecular formula is C22H20N2O5S. The van der Waals surface area contributed by atoms with Crippen LogP contribution in [-0.2, 0) is 19.1 Å². The number of para-hydroxylation sites is 2. The predicted molar refractivity (Wildman–Crippen MR) is 112 cm³/mol. The SMILES string of the molecule is CC(=O)c1ccccc1NC(=O)[C@@H](C)OC(=O)[C@]12CCC(=O)N1c1ccccc1S2. The average Bonchev–Trinajstić information content (AvgIpc) is 3.24. The fraction of sp³-hybridized carbons (Fsp3) is 0.273. The molecule has 2 amide bonds. The highest BCUT2D eigenvalue weighted by atomic mass is 32.2. The Bertz CT molecular complexity index is 1070. The van der Waals surface area contributed by atoms with E-state index in [1.165, 1.54) is 30.5 Å². The largest absolute Gasteiger partial charge is 0.450 e. The number of amides is 2. The van der Waals surface area contributed by atoms with Crippen LogP contribution >= 0.6 is 11.8 Å². The molecule has 2 aliphatic rings. The number of hydrogen-bond acceptors (Lipinski definition) is 6. The molecule has 0 spiro atoms. The lowest BCUT2D eigenvalue weighted by molar-refractivity contribution is -0.155. The molecule has 154 valence electrons. The van der Waals surface area contributed by atoms with E-state index in [4.69, 9.17) is 4.74 Å². The van der Waals surface area contributed by atoms with Crippen LogP contribution in [0.3, 0.4) is 0 Å². The van der Waals surface area contributed by atoms with Gasteiger partial charge in [0.1, 0.15) is 0 Å². The fourth-order valence-corrected chi connectivity index (χ4v) is 5.11. The summed E-state index contributed by atoms with van der Waals surface area (Å²) in [5.74, 6) is -1.51. The average molecular weight is 424 g/mol. The van der Waals surface area contributed by atoms with Crippen LogP contribution in [0.15, 0.2) is 53.4 Å². The summed E-state index contributed by atoms with van der Waals surface area (Å²) >= 11 is 1.28. The second kappa shape index (κ2) is 7.60. The van der Waals surface area contributed by atoms with Crippen molar-refractivity contribution in [2.75, 3.05) is 10.2 Å². The second-order valence-electron chi connectivity index (χ2n) is 7.22. The maximum atomic E-state index is 13.1. The Morgan fingerprint density at radius 3 is 2.60 bits per heavy atom. The highest BCUT2D eigenvalue weighted by Gasteiger charge is 2.58. The summed E-state index contributed by atoms with van der Waals surface area (Å²) < 4.78 is 5.50. The quantitative estimate of drug-likeness (QED) is 0.584. The van der Waals surface area contributed by atoms with E-state index in [2.05, 4.69) is 5.32 Å². The monoisotopic (exact) mass is 424 g/mol. The van der Waals surface area contributed by atoms with Gasteiger partial charge in [0.05, 0.1) is 11.4 Å². The van der Waals surface area contributed by atoms with Gasteiger partial charge in [0.25, 0.3) is 5.91 Å². The van der Waals surface area contributed by atoms with E-state index in [-0.39, 0.29) is 18.1 Å². The first-order chi connectivity index (χ1) is 14.3. The van der Waals surface area contributed by atoms with Crippen LogP contribution in [0.4, 0.5) is 11.4 Å². The van der Waals surface area contributed by atoms with Crippen molar-refractivity contribution in [3.63, 3.8) is 0 Å². The van der Waals surface area contributed by atoms with Crippen molar-refractivity contribution in [2.24, 2.45) is 0 Å². The first-order valence-electron chi connectivity index (χ1n) is 9.56. The van der Waals surface area contributed by atoms with Gasteiger partial charge in [0.15, 0.2) is 16.8 Å². The molecule has 1 saturated heterocycles. The highest BCUT2D eigenvalue weighted by Crippen LogP contribution is 2.56. The number of Topliss-reactive ketones (excluding diaryl/α,β-unsaturated/α-hetero) is 1. The summed E-state index contributed by atoms with van der Waals surface area (Å²) in [7, 11) is 0. The number of carbonyl (C=O) groups is 4. The molecule has 0 saturated carbocycles. The molecular weight excluding hydrogens is 404 g/mol. The molecule has 0 radical (unpaired) electrons. The van der Waals surface area contributed by atoms with Crippen LogP contribution in [0.5, 0.6) is 0 Å². The number of nitrogens with zero attached hydrogens (tertiary/aromatic N) is 1. The normalized spacial score (nSPS) is 20.3. The van der Waals surface area contributed by atoms with Crippen LogP contribution in [0.25, 0.3) is 0 Å². The third-order valence-corrected chi connectivity index (χ3v) is 6.67. The van der Waals surface area contributed by atoms with E-state index in [1.54, 1.807) is 30.3 Å². The van der Waals surface area contributed by atoms with Crippen LogP contribution < -0.4 is 10.2 Å². The number of hydrogen-bond donors (Lipinski definition) is 1. The summed E-state index contributed by atoms with van der Waals surface area (Å²) in [6.45, 7) is 2.88. The van der Waals surface area contributed by atoms with Crippen LogP contribution in [-0.4, -0.2) is 34.5 Å². The molecule has 4 rings (SSSR count). The molecule has 8 heteroatoms. The zero-order valence-corrected chi connectivity index (χ0v) is 17.3. The zero-order valence-electron chi connectivity index (χ0n) is 16.5. The van der Waals surface area contributed by atoms with Gasteiger partial charge in [0.2, 0.25) is 5.91 Å². The van der Waals surface area contributed by atoms with Crippen molar-refractivity contribution in [1.29, 1.82) is 0 Å². The maximum absolute atomic E-state index is 13.1. The molecule has 0 unspecified atom stereocenters. The first-order valence-corrected chi connectivity index (χ1v) is 10.4. The van der Waals surface area contributed by atoms with E-state index in [0.717, 1.165) is 4.90 Å². The number of fused-ring (bicyclic) bond motifs is 3. The van der Waals surface area contributed by atoms with Crippen LogP contribution in [0.2, 0.25) is 0 Å². The lowest BCUT2D eigenvalue weighted by Gasteiger charge is -2.29. The van der Waals surface area contributed by atoms with Crippen molar-refractivity contribution < 1.29 is 23.9 Å². The van der Waals surface area contributed by atoms with Crippen molar-refractivity contribution in [1.82, 2.24) is 0 Å². The summed E-state index contributed by atoms with van der Waals surface area (Å²) in [4.78, 5) is 51.1. The Kier molecular flexibility index (Phi) is 5.11. The van der Waals surface area contributed by atoms with Crippen molar-refractivity contribution >= 4 is 46.7 Å². The van der Waals surface area contributed by atoms with E-state index in [9.17, 15) is 19.2 Å². The number of carbonyl (C=O) groups excluding carboxylic acids is 4. The molecule has 1 N–H and O–H groups in total. The summed E-state index contributed by atoms with van der Waals surface area (Å²) in [6.07, 6.45) is -0.553. The lowest BCUT2D eigenvalue weighted by atomic mass is 10.1. The number of thioether (sulfide) groups is 1. The molecule has 2 aromatic carbocycles. The molecule has 0 aliphatic carbocycles. The topological polar surface area (TPSA) is 92.8 Å². The minimum absolute atomic E-state index is 0.142. The van der Waals surface area contributed by atoms with Gasteiger partial charge in [-0.25, -0.2) is 4.79 Å². The highest BCUT2D eigenvalue weighted by molar-refractivity contribution is 8.02. The molecule has 30 heavy (non-hydrogen) atoms. The molecule has 2 atom stereocenters. The number of benzene rings is 2. The number of rotatable bonds is 5. The Morgan fingerprint density at radius 2 is 1.83 bits per heavy atom. The van der Waals surface area contributed by atoms with Gasteiger partial charge < -0.3 is 10.1 Å².